The first-order valence-electron chi connectivity index (χ1n) is 3.20. The molecule has 0 spiro atoms. The summed E-state index contributed by atoms with van der Waals surface area (Å²) in [6.07, 6.45) is 2.05. The summed E-state index contributed by atoms with van der Waals surface area (Å²) in [6.45, 7) is 3.56. The summed E-state index contributed by atoms with van der Waals surface area (Å²) < 4.78 is 0. The average molecular weight is 128 g/mol. The first kappa shape index (κ1) is 8.34. The molecule has 0 heterocycles. The smallest absolute Gasteiger partial charge is 0.142 e. The summed E-state index contributed by atoms with van der Waals surface area (Å²) in [5.74, 6) is -0.350. The molecule has 0 aromatic rings. The third kappa shape index (κ3) is 3.01. The molecule has 0 saturated heterocycles. The van der Waals surface area contributed by atoms with Crippen LogP contribution in [-0.4, -0.2) is 12.1 Å². The highest BCUT2D eigenvalue weighted by molar-refractivity contribution is 5.92. The molecule has 0 aliphatic heterocycles. The third-order valence-electron chi connectivity index (χ3n) is 1.21. The SMILES string of the molecule is CCCC(=O)C(C)C=O. The van der Waals surface area contributed by atoms with Gasteiger partial charge in [-0.15, -0.1) is 0 Å². The van der Waals surface area contributed by atoms with Gasteiger partial charge in [-0.05, 0) is 13.3 Å². The minimum Gasteiger partial charge on any atom is -0.303 e. The maximum absolute atomic E-state index is 10.7. The summed E-state index contributed by atoms with van der Waals surface area (Å²) in [4.78, 5) is 20.7. The van der Waals surface area contributed by atoms with Gasteiger partial charge in [0.25, 0.3) is 0 Å². The molecule has 9 heavy (non-hydrogen) atoms. The number of rotatable bonds is 4. The van der Waals surface area contributed by atoms with Gasteiger partial charge < -0.3 is 4.79 Å². The zero-order chi connectivity index (χ0) is 7.28. The van der Waals surface area contributed by atoms with Crippen LogP contribution in [0.25, 0.3) is 0 Å². The fourth-order valence-electron chi connectivity index (χ4n) is 0.550. The molecule has 52 valence electrons. The number of hydrogen-bond acceptors (Lipinski definition) is 2. The van der Waals surface area contributed by atoms with E-state index in [4.69, 9.17) is 0 Å². The maximum atomic E-state index is 10.7. The summed E-state index contributed by atoms with van der Waals surface area (Å²) in [5.41, 5.74) is 0. The highest BCUT2D eigenvalue weighted by atomic mass is 16.1. The third-order valence-corrected chi connectivity index (χ3v) is 1.21. The van der Waals surface area contributed by atoms with Crippen LogP contribution in [0.15, 0.2) is 0 Å². The van der Waals surface area contributed by atoms with E-state index in [2.05, 4.69) is 0 Å². The Balaban J connectivity index is 3.58. The van der Waals surface area contributed by atoms with Gasteiger partial charge in [0.15, 0.2) is 0 Å². The fourth-order valence-corrected chi connectivity index (χ4v) is 0.550. The molecular weight excluding hydrogens is 116 g/mol. The molecule has 0 saturated carbocycles. The van der Waals surface area contributed by atoms with Gasteiger partial charge in [0.1, 0.15) is 12.1 Å². The number of hydrogen-bond donors (Lipinski definition) is 0. The van der Waals surface area contributed by atoms with Crippen molar-refractivity contribution in [2.24, 2.45) is 5.92 Å². The average Bonchev–Trinajstić information content (AvgIpc) is 1.87. The largest absolute Gasteiger partial charge is 0.303 e. The zero-order valence-electron chi connectivity index (χ0n) is 5.89. The Morgan fingerprint density at radius 3 is 2.56 bits per heavy atom. The van der Waals surface area contributed by atoms with Gasteiger partial charge >= 0.3 is 0 Å². The molecule has 1 atom stereocenters. The maximum Gasteiger partial charge on any atom is 0.142 e. The predicted octanol–water partition coefficient (Wildman–Crippen LogP) is 1.19. The minimum absolute atomic E-state index is 0.0486. The van der Waals surface area contributed by atoms with Gasteiger partial charge in [0.2, 0.25) is 0 Å². The van der Waals surface area contributed by atoms with E-state index in [1.54, 1.807) is 6.92 Å². The van der Waals surface area contributed by atoms with Gasteiger partial charge in [0, 0.05) is 6.42 Å². The monoisotopic (exact) mass is 128 g/mol. The Morgan fingerprint density at radius 1 is 1.67 bits per heavy atom. The molecule has 0 bridgehead atoms. The van der Waals surface area contributed by atoms with Crippen molar-refractivity contribution in [1.82, 2.24) is 0 Å². The molecule has 0 aliphatic carbocycles. The zero-order valence-corrected chi connectivity index (χ0v) is 5.89. The van der Waals surface area contributed by atoms with E-state index < -0.39 is 5.92 Å². The first-order valence-corrected chi connectivity index (χ1v) is 3.20. The van der Waals surface area contributed by atoms with Gasteiger partial charge in [-0.25, -0.2) is 0 Å². The van der Waals surface area contributed by atoms with Crippen molar-refractivity contribution in [2.75, 3.05) is 0 Å². The Hall–Kier alpha value is -0.660. The summed E-state index contributed by atoms with van der Waals surface area (Å²) >= 11 is 0. The van der Waals surface area contributed by atoms with E-state index in [0.29, 0.717) is 12.7 Å². The molecule has 0 amide bonds. The van der Waals surface area contributed by atoms with Crippen LogP contribution in [-0.2, 0) is 9.59 Å². The van der Waals surface area contributed by atoms with Crippen molar-refractivity contribution < 1.29 is 9.59 Å². The van der Waals surface area contributed by atoms with Gasteiger partial charge in [0.05, 0.1) is 5.92 Å². The topological polar surface area (TPSA) is 34.1 Å². The van der Waals surface area contributed by atoms with Crippen LogP contribution in [0.4, 0.5) is 0 Å². The van der Waals surface area contributed by atoms with E-state index in [1.165, 1.54) is 0 Å². The normalized spacial score (nSPS) is 12.7. The fraction of sp³-hybridized carbons (Fsp3) is 0.714. The second kappa shape index (κ2) is 4.24. The van der Waals surface area contributed by atoms with Crippen LogP contribution < -0.4 is 0 Å². The molecule has 0 radical (unpaired) electrons. The second-order valence-electron chi connectivity index (χ2n) is 2.14. The Labute approximate surface area is 55.3 Å². The van der Waals surface area contributed by atoms with Gasteiger partial charge in [-0.2, -0.15) is 0 Å². The van der Waals surface area contributed by atoms with Crippen molar-refractivity contribution in [3.05, 3.63) is 0 Å². The number of carbonyl (C=O) groups excluding carboxylic acids is 2. The molecule has 1 unspecified atom stereocenters. The first-order chi connectivity index (χ1) is 4.22. The Bertz CT molecular complexity index is 107. The van der Waals surface area contributed by atoms with Crippen LogP contribution in [0.2, 0.25) is 0 Å². The molecule has 0 rings (SSSR count). The lowest BCUT2D eigenvalue weighted by atomic mass is 10.1. The highest BCUT2D eigenvalue weighted by Crippen LogP contribution is 1.98. The number of aldehydes is 1. The summed E-state index contributed by atoms with van der Waals surface area (Å²) in [5, 5.41) is 0. The number of ketones is 1. The predicted molar refractivity (Wildman–Crippen MR) is 35.1 cm³/mol. The lowest BCUT2D eigenvalue weighted by Gasteiger charge is -1.97. The molecule has 0 aliphatic rings. The quantitative estimate of drug-likeness (QED) is 0.421. The minimum atomic E-state index is -0.398. The number of Topliss-reactive ketones (excluding diaryl/α,β-unsaturated/α-hetero) is 1. The van der Waals surface area contributed by atoms with E-state index in [0.717, 1.165) is 6.42 Å². The van der Waals surface area contributed by atoms with Crippen LogP contribution >= 0.6 is 0 Å². The van der Waals surface area contributed by atoms with Crippen molar-refractivity contribution in [3.8, 4) is 0 Å². The number of carbonyl (C=O) groups is 2. The van der Waals surface area contributed by atoms with E-state index >= 15 is 0 Å². The van der Waals surface area contributed by atoms with Crippen molar-refractivity contribution in [3.63, 3.8) is 0 Å². The molecule has 0 fully saturated rings. The van der Waals surface area contributed by atoms with Crippen molar-refractivity contribution in [1.29, 1.82) is 0 Å². The van der Waals surface area contributed by atoms with Crippen molar-refractivity contribution >= 4 is 12.1 Å². The molecule has 2 nitrogen and oxygen atoms in total. The van der Waals surface area contributed by atoms with E-state index in [9.17, 15) is 9.59 Å². The van der Waals surface area contributed by atoms with Crippen LogP contribution in [0.5, 0.6) is 0 Å². The lowest BCUT2D eigenvalue weighted by molar-refractivity contribution is -0.126. The molecule has 0 aromatic carbocycles. The molecule has 0 N–H and O–H groups in total. The lowest BCUT2D eigenvalue weighted by Crippen LogP contribution is -2.10. The van der Waals surface area contributed by atoms with Crippen LogP contribution in [0.3, 0.4) is 0 Å². The molecule has 0 aromatic heterocycles. The molecule has 2 heteroatoms. The Kier molecular flexibility index (Phi) is 3.93. The second-order valence-corrected chi connectivity index (χ2v) is 2.14. The van der Waals surface area contributed by atoms with E-state index in [-0.39, 0.29) is 5.78 Å². The van der Waals surface area contributed by atoms with Gasteiger partial charge in [-0.1, -0.05) is 6.92 Å². The molecular formula is C7H12O2. The van der Waals surface area contributed by atoms with E-state index in [1.807, 2.05) is 6.92 Å². The highest BCUT2D eigenvalue weighted by Gasteiger charge is 2.08. The summed E-state index contributed by atoms with van der Waals surface area (Å²) in [7, 11) is 0. The standard InChI is InChI=1S/C7H12O2/c1-3-4-7(9)6(2)5-8/h5-6H,3-4H2,1-2H3. The van der Waals surface area contributed by atoms with Crippen LogP contribution in [0.1, 0.15) is 26.7 Å². The van der Waals surface area contributed by atoms with Crippen LogP contribution in [0, 0.1) is 5.92 Å². The van der Waals surface area contributed by atoms with Crippen molar-refractivity contribution in [2.45, 2.75) is 26.7 Å². The Morgan fingerprint density at radius 2 is 2.22 bits per heavy atom. The summed E-state index contributed by atoms with van der Waals surface area (Å²) in [6, 6.07) is 0. The van der Waals surface area contributed by atoms with Gasteiger partial charge in [-0.3, -0.25) is 4.79 Å².